The van der Waals surface area contributed by atoms with Gasteiger partial charge in [0.05, 0.1) is 5.25 Å². The lowest BCUT2D eigenvalue weighted by atomic mass is 10.1. The molecule has 1 heterocycles. The molecule has 1 aliphatic carbocycles. The standard InChI is InChI=1S/C9H18N2O2S.ClH/c12-14(13,9-1-2-9)11-6-4-8-3-5-10-7-8;/h8-11H,1-7H2;1H. The van der Waals surface area contributed by atoms with Crippen LogP contribution in [0, 0.1) is 5.92 Å². The molecule has 90 valence electrons. The number of hydrogen-bond donors (Lipinski definition) is 2. The number of rotatable bonds is 5. The van der Waals surface area contributed by atoms with E-state index in [1.165, 1.54) is 6.42 Å². The third kappa shape index (κ3) is 3.90. The molecule has 0 aromatic carbocycles. The molecule has 2 N–H and O–H groups in total. The Balaban J connectivity index is 0.00000112. The van der Waals surface area contributed by atoms with Crippen LogP contribution in [0.15, 0.2) is 0 Å². The number of nitrogens with one attached hydrogen (secondary N) is 2. The topological polar surface area (TPSA) is 58.2 Å². The zero-order chi connectivity index (χ0) is 10.0. The van der Waals surface area contributed by atoms with Gasteiger partial charge in [0.25, 0.3) is 0 Å². The van der Waals surface area contributed by atoms with Crippen LogP contribution in [-0.4, -0.2) is 33.3 Å². The van der Waals surface area contributed by atoms with Gasteiger partial charge in [-0.25, -0.2) is 13.1 Å². The molecule has 2 aliphatic rings. The first-order valence-electron chi connectivity index (χ1n) is 5.38. The molecule has 0 bridgehead atoms. The first-order valence-corrected chi connectivity index (χ1v) is 6.92. The highest BCUT2D eigenvalue weighted by molar-refractivity contribution is 7.90. The molecule has 4 nitrogen and oxygen atoms in total. The number of hydrogen-bond acceptors (Lipinski definition) is 3. The van der Waals surface area contributed by atoms with Crippen molar-refractivity contribution in [3.8, 4) is 0 Å². The van der Waals surface area contributed by atoms with Crippen LogP contribution < -0.4 is 10.0 Å². The average Bonchev–Trinajstić information content (AvgIpc) is 2.87. The Bertz CT molecular complexity index is 284. The van der Waals surface area contributed by atoms with Gasteiger partial charge in [0.2, 0.25) is 10.0 Å². The predicted molar refractivity (Wildman–Crippen MR) is 62.8 cm³/mol. The van der Waals surface area contributed by atoms with Gasteiger partial charge in [0.15, 0.2) is 0 Å². The lowest BCUT2D eigenvalue weighted by Gasteiger charge is -2.09. The van der Waals surface area contributed by atoms with Gasteiger partial charge >= 0.3 is 0 Å². The van der Waals surface area contributed by atoms with Gasteiger partial charge in [-0.05, 0) is 44.7 Å². The number of halogens is 1. The van der Waals surface area contributed by atoms with Crippen molar-refractivity contribution in [2.24, 2.45) is 5.92 Å². The van der Waals surface area contributed by atoms with E-state index in [2.05, 4.69) is 10.0 Å². The van der Waals surface area contributed by atoms with Gasteiger partial charge in [0, 0.05) is 6.54 Å². The second-order valence-corrected chi connectivity index (χ2v) is 6.33. The summed E-state index contributed by atoms with van der Waals surface area (Å²) in [5.74, 6) is 0.664. The average molecular weight is 255 g/mol. The Labute approximate surface area is 97.7 Å². The van der Waals surface area contributed by atoms with Crippen molar-refractivity contribution >= 4 is 22.4 Å². The van der Waals surface area contributed by atoms with Gasteiger partial charge in [0.1, 0.15) is 0 Å². The highest BCUT2D eigenvalue weighted by Gasteiger charge is 2.35. The van der Waals surface area contributed by atoms with E-state index in [4.69, 9.17) is 0 Å². The summed E-state index contributed by atoms with van der Waals surface area (Å²) in [4.78, 5) is 0. The fourth-order valence-electron chi connectivity index (χ4n) is 1.86. The molecule has 0 amide bonds. The minimum absolute atomic E-state index is 0. The minimum Gasteiger partial charge on any atom is -0.316 e. The molecule has 0 spiro atoms. The van der Waals surface area contributed by atoms with Crippen LogP contribution in [0.2, 0.25) is 0 Å². The summed E-state index contributed by atoms with van der Waals surface area (Å²) >= 11 is 0. The largest absolute Gasteiger partial charge is 0.316 e. The molecule has 0 radical (unpaired) electrons. The summed E-state index contributed by atoms with van der Waals surface area (Å²) < 4.78 is 25.6. The Hall–Kier alpha value is 0.160. The Morgan fingerprint density at radius 3 is 2.53 bits per heavy atom. The molecule has 1 saturated heterocycles. The van der Waals surface area contributed by atoms with Crippen LogP contribution in [0.4, 0.5) is 0 Å². The molecule has 2 rings (SSSR count). The summed E-state index contributed by atoms with van der Waals surface area (Å²) in [6.07, 6.45) is 3.85. The SMILES string of the molecule is Cl.O=S(=O)(NCCC1CCNC1)C1CC1. The predicted octanol–water partition coefficient (Wildman–Crippen LogP) is 0.490. The van der Waals surface area contributed by atoms with Gasteiger partial charge in [-0.2, -0.15) is 0 Å². The molecule has 1 unspecified atom stereocenters. The van der Waals surface area contributed by atoms with Crippen LogP contribution in [0.3, 0.4) is 0 Å². The highest BCUT2D eigenvalue weighted by atomic mass is 35.5. The lowest BCUT2D eigenvalue weighted by Crippen LogP contribution is -2.29. The van der Waals surface area contributed by atoms with Gasteiger partial charge in [-0.1, -0.05) is 0 Å². The molecule has 6 heteroatoms. The Morgan fingerprint density at radius 2 is 2.00 bits per heavy atom. The van der Waals surface area contributed by atoms with Crippen molar-refractivity contribution in [1.29, 1.82) is 0 Å². The monoisotopic (exact) mass is 254 g/mol. The molecule has 2 fully saturated rings. The van der Waals surface area contributed by atoms with E-state index < -0.39 is 10.0 Å². The summed E-state index contributed by atoms with van der Waals surface area (Å²) in [7, 11) is -2.95. The smallest absolute Gasteiger partial charge is 0.214 e. The van der Waals surface area contributed by atoms with E-state index in [-0.39, 0.29) is 17.7 Å². The molecular formula is C9H19ClN2O2S. The zero-order valence-corrected chi connectivity index (χ0v) is 10.4. The van der Waals surface area contributed by atoms with Crippen molar-refractivity contribution < 1.29 is 8.42 Å². The van der Waals surface area contributed by atoms with Crippen LogP contribution in [-0.2, 0) is 10.0 Å². The summed E-state index contributed by atoms with van der Waals surface area (Å²) in [5, 5.41) is 3.20. The van der Waals surface area contributed by atoms with E-state index in [0.717, 1.165) is 32.4 Å². The Kier molecular flexibility index (Phi) is 4.83. The van der Waals surface area contributed by atoms with E-state index in [1.54, 1.807) is 0 Å². The van der Waals surface area contributed by atoms with E-state index in [1.807, 2.05) is 0 Å². The first kappa shape index (κ1) is 13.2. The molecule has 0 aromatic rings. The number of sulfonamides is 1. The van der Waals surface area contributed by atoms with Crippen molar-refractivity contribution in [2.45, 2.75) is 30.9 Å². The van der Waals surface area contributed by atoms with E-state index in [9.17, 15) is 8.42 Å². The van der Waals surface area contributed by atoms with E-state index in [0.29, 0.717) is 12.5 Å². The highest BCUT2D eigenvalue weighted by Crippen LogP contribution is 2.27. The maximum absolute atomic E-state index is 11.4. The van der Waals surface area contributed by atoms with Crippen LogP contribution in [0.25, 0.3) is 0 Å². The fourth-order valence-corrected chi connectivity index (χ4v) is 3.26. The molecule has 1 aliphatic heterocycles. The molecule has 0 aromatic heterocycles. The van der Waals surface area contributed by atoms with E-state index >= 15 is 0 Å². The van der Waals surface area contributed by atoms with Crippen molar-refractivity contribution in [1.82, 2.24) is 10.0 Å². The van der Waals surface area contributed by atoms with Crippen LogP contribution >= 0.6 is 12.4 Å². The Morgan fingerprint density at radius 1 is 1.27 bits per heavy atom. The van der Waals surface area contributed by atoms with Crippen molar-refractivity contribution in [3.63, 3.8) is 0 Å². The molecule has 1 saturated carbocycles. The molecule has 1 atom stereocenters. The molecular weight excluding hydrogens is 236 g/mol. The maximum atomic E-state index is 11.4. The lowest BCUT2D eigenvalue weighted by molar-refractivity contribution is 0.519. The summed E-state index contributed by atoms with van der Waals surface area (Å²) in [5.41, 5.74) is 0. The van der Waals surface area contributed by atoms with Crippen LogP contribution in [0.1, 0.15) is 25.7 Å². The maximum Gasteiger partial charge on any atom is 0.214 e. The van der Waals surface area contributed by atoms with Gasteiger partial charge in [-0.15, -0.1) is 12.4 Å². The van der Waals surface area contributed by atoms with Crippen molar-refractivity contribution in [2.75, 3.05) is 19.6 Å². The summed E-state index contributed by atoms with van der Waals surface area (Å²) in [6.45, 7) is 2.75. The first-order chi connectivity index (χ1) is 6.68. The quantitative estimate of drug-likeness (QED) is 0.751. The van der Waals surface area contributed by atoms with Gasteiger partial charge in [-0.3, -0.25) is 0 Å². The van der Waals surface area contributed by atoms with Gasteiger partial charge < -0.3 is 5.32 Å². The molecule has 15 heavy (non-hydrogen) atoms. The van der Waals surface area contributed by atoms with Crippen molar-refractivity contribution in [3.05, 3.63) is 0 Å². The second-order valence-electron chi connectivity index (χ2n) is 4.29. The second kappa shape index (κ2) is 5.48. The third-order valence-electron chi connectivity index (χ3n) is 2.98. The fraction of sp³-hybridized carbons (Fsp3) is 1.00. The minimum atomic E-state index is -2.95. The summed E-state index contributed by atoms with van der Waals surface area (Å²) in [6, 6.07) is 0. The van der Waals surface area contributed by atoms with Crippen LogP contribution in [0.5, 0.6) is 0 Å². The zero-order valence-electron chi connectivity index (χ0n) is 8.74. The third-order valence-corrected chi connectivity index (χ3v) is 4.94. The normalized spacial score (nSPS) is 26.3.